The minimum atomic E-state index is -0.646. The second kappa shape index (κ2) is 8.26. The molecule has 0 aliphatic carbocycles. The molecule has 0 aliphatic rings. The maximum Gasteiger partial charge on any atom is 0.335 e. The fraction of sp³-hybridized carbons (Fsp3) is 0.667. The molecule has 104 valence electrons. The number of halogens is 1. The Kier molecular flexibility index (Phi) is 7.86. The first kappa shape index (κ1) is 17.1. The Balaban J connectivity index is 3.80. The van der Waals surface area contributed by atoms with Crippen molar-refractivity contribution >= 4 is 27.8 Å². The second-order valence-electron chi connectivity index (χ2n) is 4.63. The SMILES string of the molecule is CC(OCCNC(=O)/C=C/Br)C(=O)OC(C)(C)C. The molecule has 0 heterocycles. The number of ether oxygens (including phenoxy) is 2. The van der Waals surface area contributed by atoms with Gasteiger partial charge >= 0.3 is 5.97 Å². The number of hydrogen-bond acceptors (Lipinski definition) is 4. The van der Waals surface area contributed by atoms with Crippen LogP contribution in [0.3, 0.4) is 0 Å². The van der Waals surface area contributed by atoms with Crippen molar-refractivity contribution in [2.24, 2.45) is 0 Å². The fourth-order valence-corrected chi connectivity index (χ4v) is 1.22. The monoisotopic (exact) mass is 321 g/mol. The molecular weight excluding hydrogens is 302 g/mol. The van der Waals surface area contributed by atoms with Crippen LogP contribution >= 0.6 is 15.9 Å². The minimum absolute atomic E-state index is 0.222. The van der Waals surface area contributed by atoms with E-state index in [1.165, 1.54) is 11.1 Å². The van der Waals surface area contributed by atoms with E-state index in [-0.39, 0.29) is 12.5 Å². The van der Waals surface area contributed by atoms with E-state index in [9.17, 15) is 9.59 Å². The summed E-state index contributed by atoms with van der Waals surface area (Å²) in [6.07, 6.45) is 0.699. The summed E-state index contributed by atoms with van der Waals surface area (Å²) >= 11 is 3.00. The summed E-state index contributed by atoms with van der Waals surface area (Å²) in [5, 5.41) is 2.59. The number of amides is 1. The lowest BCUT2D eigenvalue weighted by Crippen LogP contribution is -2.33. The van der Waals surface area contributed by atoms with Gasteiger partial charge in [0.1, 0.15) is 5.60 Å². The Labute approximate surface area is 116 Å². The Bertz CT molecular complexity index is 310. The van der Waals surface area contributed by atoms with E-state index in [1.807, 2.05) is 0 Å². The molecule has 5 nitrogen and oxygen atoms in total. The highest BCUT2D eigenvalue weighted by molar-refractivity contribution is 9.11. The third-order valence-electron chi connectivity index (χ3n) is 1.72. The van der Waals surface area contributed by atoms with Crippen LogP contribution in [0.4, 0.5) is 0 Å². The van der Waals surface area contributed by atoms with Crippen molar-refractivity contribution in [1.29, 1.82) is 0 Å². The van der Waals surface area contributed by atoms with Crippen molar-refractivity contribution in [2.75, 3.05) is 13.2 Å². The quantitative estimate of drug-likeness (QED) is 0.460. The molecule has 0 spiro atoms. The van der Waals surface area contributed by atoms with Gasteiger partial charge in [0.05, 0.1) is 6.61 Å². The molecule has 0 saturated heterocycles. The van der Waals surface area contributed by atoms with Crippen LogP contribution in [0.15, 0.2) is 11.1 Å². The summed E-state index contributed by atoms with van der Waals surface area (Å²) in [5.41, 5.74) is -0.524. The lowest BCUT2D eigenvalue weighted by atomic mass is 10.2. The van der Waals surface area contributed by atoms with Gasteiger partial charge < -0.3 is 14.8 Å². The molecule has 0 radical (unpaired) electrons. The largest absolute Gasteiger partial charge is 0.458 e. The Morgan fingerprint density at radius 1 is 1.39 bits per heavy atom. The van der Waals surface area contributed by atoms with Crippen LogP contribution in [-0.4, -0.2) is 36.7 Å². The number of rotatable bonds is 6. The second-order valence-corrected chi connectivity index (χ2v) is 5.16. The van der Waals surface area contributed by atoms with Gasteiger partial charge in [0.25, 0.3) is 0 Å². The maximum atomic E-state index is 11.5. The van der Waals surface area contributed by atoms with E-state index in [0.717, 1.165) is 0 Å². The van der Waals surface area contributed by atoms with E-state index in [4.69, 9.17) is 9.47 Å². The van der Waals surface area contributed by atoms with E-state index in [1.54, 1.807) is 27.7 Å². The van der Waals surface area contributed by atoms with E-state index in [0.29, 0.717) is 6.54 Å². The van der Waals surface area contributed by atoms with Gasteiger partial charge in [0.15, 0.2) is 6.10 Å². The van der Waals surface area contributed by atoms with Crippen molar-refractivity contribution in [3.63, 3.8) is 0 Å². The average molecular weight is 322 g/mol. The zero-order chi connectivity index (χ0) is 14.2. The molecule has 0 aromatic rings. The molecule has 1 N–H and O–H groups in total. The predicted molar refractivity (Wildman–Crippen MR) is 72.3 cm³/mol. The van der Waals surface area contributed by atoms with Crippen molar-refractivity contribution in [3.8, 4) is 0 Å². The molecule has 6 heteroatoms. The molecule has 0 rings (SSSR count). The summed E-state index contributed by atoms with van der Waals surface area (Å²) < 4.78 is 10.4. The van der Waals surface area contributed by atoms with Crippen molar-refractivity contribution < 1.29 is 19.1 Å². The first-order chi connectivity index (χ1) is 8.26. The Hall–Kier alpha value is -0.880. The highest BCUT2D eigenvalue weighted by atomic mass is 79.9. The minimum Gasteiger partial charge on any atom is -0.458 e. The van der Waals surface area contributed by atoms with Crippen LogP contribution < -0.4 is 5.32 Å². The lowest BCUT2D eigenvalue weighted by molar-refractivity contribution is -0.167. The van der Waals surface area contributed by atoms with Gasteiger partial charge in [-0.15, -0.1) is 0 Å². The number of esters is 1. The number of carbonyl (C=O) groups is 2. The van der Waals surface area contributed by atoms with Gasteiger partial charge in [0, 0.05) is 12.6 Å². The van der Waals surface area contributed by atoms with Crippen LogP contribution in [-0.2, 0) is 19.1 Å². The van der Waals surface area contributed by atoms with Gasteiger partial charge in [-0.1, -0.05) is 15.9 Å². The van der Waals surface area contributed by atoms with E-state index >= 15 is 0 Å². The number of carbonyl (C=O) groups excluding carboxylic acids is 2. The predicted octanol–water partition coefficient (Wildman–Crippen LogP) is 1.76. The van der Waals surface area contributed by atoms with Crippen LogP contribution in [0.1, 0.15) is 27.7 Å². The molecule has 1 unspecified atom stereocenters. The third kappa shape index (κ3) is 9.18. The molecule has 1 atom stereocenters. The molecule has 1 amide bonds. The van der Waals surface area contributed by atoms with Crippen LogP contribution in [0, 0.1) is 0 Å². The average Bonchev–Trinajstić information content (AvgIpc) is 2.22. The van der Waals surface area contributed by atoms with Gasteiger partial charge in [-0.25, -0.2) is 4.79 Å². The molecule has 0 saturated carbocycles. The van der Waals surface area contributed by atoms with Crippen LogP contribution in [0.2, 0.25) is 0 Å². The highest BCUT2D eigenvalue weighted by Gasteiger charge is 2.21. The standard InChI is InChI=1S/C12H20BrNO4/c1-9(11(16)18-12(2,3)4)17-8-7-14-10(15)5-6-13/h5-6,9H,7-8H2,1-4H3,(H,14,15)/b6-5+. The van der Waals surface area contributed by atoms with Crippen molar-refractivity contribution in [2.45, 2.75) is 39.4 Å². The summed E-state index contributed by atoms with van der Waals surface area (Å²) in [7, 11) is 0. The normalized spacial score (nSPS) is 13.4. The summed E-state index contributed by atoms with van der Waals surface area (Å²) in [6.45, 7) is 7.60. The summed E-state index contributed by atoms with van der Waals surface area (Å²) in [6, 6.07) is 0. The Morgan fingerprint density at radius 3 is 2.50 bits per heavy atom. The topological polar surface area (TPSA) is 64.6 Å². The van der Waals surface area contributed by atoms with Gasteiger partial charge in [-0.3, -0.25) is 4.79 Å². The fourth-order valence-electron chi connectivity index (χ4n) is 0.979. The zero-order valence-electron chi connectivity index (χ0n) is 11.2. The molecule has 0 bridgehead atoms. The van der Waals surface area contributed by atoms with Gasteiger partial charge in [-0.05, 0) is 32.7 Å². The molecule has 0 aliphatic heterocycles. The Morgan fingerprint density at radius 2 is 2.00 bits per heavy atom. The zero-order valence-corrected chi connectivity index (χ0v) is 12.7. The number of hydrogen-bond donors (Lipinski definition) is 1. The molecule has 0 aromatic carbocycles. The van der Waals surface area contributed by atoms with Crippen LogP contribution in [0.25, 0.3) is 0 Å². The summed E-state index contributed by atoms with van der Waals surface area (Å²) in [4.78, 5) is 24.0. The van der Waals surface area contributed by atoms with Crippen LogP contribution in [0.5, 0.6) is 0 Å². The van der Waals surface area contributed by atoms with E-state index in [2.05, 4.69) is 21.2 Å². The van der Waals surface area contributed by atoms with Gasteiger partial charge in [0.2, 0.25) is 5.91 Å². The first-order valence-electron chi connectivity index (χ1n) is 5.65. The first-order valence-corrected chi connectivity index (χ1v) is 6.57. The molecule has 0 fully saturated rings. The number of nitrogens with one attached hydrogen (secondary N) is 1. The summed E-state index contributed by atoms with van der Waals surface area (Å²) in [5.74, 6) is -0.630. The maximum absolute atomic E-state index is 11.5. The molecular formula is C12H20BrNO4. The lowest BCUT2D eigenvalue weighted by Gasteiger charge is -2.22. The molecule has 0 aromatic heterocycles. The molecule has 18 heavy (non-hydrogen) atoms. The van der Waals surface area contributed by atoms with Crippen molar-refractivity contribution in [3.05, 3.63) is 11.1 Å². The highest BCUT2D eigenvalue weighted by Crippen LogP contribution is 2.09. The smallest absolute Gasteiger partial charge is 0.335 e. The third-order valence-corrected chi connectivity index (χ3v) is 1.99. The van der Waals surface area contributed by atoms with E-state index < -0.39 is 17.7 Å². The van der Waals surface area contributed by atoms with Crippen molar-refractivity contribution in [1.82, 2.24) is 5.32 Å². The van der Waals surface area contributed by atoms with Gasteiger partial charge in [-0.2, -0.15) is 0 Å².